The van der Waals surface area contributed by atoms with Crippen molar-refractivity contribution in [3.63, 3.8) is 0 Å². The number of thioether (sulfide) groups is 1. The fraction of sp³-hybridized carbons (Fsp3) is 0.333. The molecule has 0 bridgehead atoms. The Morgan fingerprint density at radius 3 is 2.48 bits per heavy atom. The minimum atomic E-state index is -4.62. The first-order chi connectivity index (χ1) is 11.6. The van der Waals surface area contributed by atoms with Crippen LogP contribution < -0.4 is 15.4 Å². The van der Waals surface area contributed by atoms with E-state index < -0.39 is 18.9 Å². The third kappa shape index (κ3) is 4.67. The Morgan fingerprint density at radius 1 is 1.28 bits per heavy atom. The van der Waals surface area contributed by atoms with Crippen molar-refractivity contribution in [3.8, 4) is 5.75 Å². The summed E-state index contributed by atoms with van der Waals surface area (Å²) in [6.07, 6.45) is -2.21. The largest absolute Gasteiger partial charge is 0.497 e. The van der Waals surface area contributed by atoms with Crippen molar-refractivity contribution in [1.29, 1.82) is 0 Å². The Hall–Kier alpha value is -1.73. The zero-order valence-electron chi connectivity index (χ0n) is 14.0. The molecule has 0 aliphatic rings. The highest BCUT2D eigenvalue weighted by Gasteiger charge is 2.35. The van der Waals surface area contributed by atoms with E-state index in [0.717, 1.165) is 18.0 Å². The number of alkyl halides is 3. The maximum absolute atomic E-state index is 13.2. The van der Waals surface area contributed by atoms with Crippen LogP contribution in [-0.4, -0.2) is 36.7 Å². The number of methoxy groups -OCH3 is 1. The molecule has 2 rings (SSSR count). The molecule has 0 aliphatic heterocycles. The van der Waals surface area contributed by atoms with E-state index in [1.165, 1.54) is 26.5 Å². The molecule has 10 heteroatoms. The van der Waals surface area contributed by atoms with Gasteiger partial charge in [0.15, 0.2) is 5.16 Å². The summed E-state index contributed by atoms with van der Waals surface area (Å²) < 4.78 is 57.4. The number of rotatable bonds is 5. The lowest BCUT2D eigenvalue weighted by atomic mass is 10.2. The van der Waals surface area contributed by atoms with Crippen molar-refractivity contribution in [2.45, 2.75) is 11.3 Å². The summed E-state index contributed by atoms with van der Waals surface area (Å²) >= 11 is 1.12. The Morgan fingerprint density at radius 2 is 1.96 bits per heavy atom. The molecule has 25 heavy (non-hydrogen) atoms. The Balaban J connectivity index is 2.58. The molecule has 2 aromatic rings. The van der Waals surface area contributed by atoms with E-state index in [-0.39, 0.29) is 16.7 Å². The molecule has 0 fully saturated rings. The van der Waals surface area contributed by atoms with E-state index in [1.807, 2.05) is 0 Å². The van der Waals surface area contributed by atoms with Gasteiger partial charge in [0.1, 0.15) is 24.3 Å². The highest BCUT2D eigenvalue weighted by Crippen LogP contribution is 2.41. The molecule has 5 nitrogen and oxygen atoms in total. The SMILES string of the molecule is COc1ccc(Nc2nc(SC)ncc2C(F)(F)F)c(P(C)(C)=O)c1. The smallest absolute Gasteiger partial charge is 0.421 e. The average molecular weight is 391 g/mol. The number of halogens is 3. The first-order valence-electron chi connectivity index (χ1n) is 7.05. The number of benzene rings is 1. The van der Waals surface area contributed by atoms with Crippen LogP contribution in [0.2, 0.25) is 0 Å². The van der Waals surface area contributed by atoms with Crippen LogP contribution in [0.3, 0.4) is 0 Å². The van der Waals surface area contributed by atoms with Crippen molar-refractivity contribution < 1.29 is 22.5 Å². The number of ether oxygens (including phenoxy) is 1. The van der Waals surface area contributed by atoms with Crippen molar-refractivity contribution in [3.05, 3.63) is 30.0 Å². The maximum atomic E-state index is 13.2. The Bertz CT molecular complexity index is 824. The second-order valence-electron chi connectivity index (χ2n) is 5.48. The van der Waals surface area contributed by atoms with Crippen LogP contribution >= 0.6 is 18.9 Å². The van der Waals surface area contributed by atoms with Crippen molar-refractivity contribution in [1.82, 2.24) is 9.97 Å². The molecule has 0 saturated carbocycles. The lowest BCUT2D eigenvalue weighted by Crippen LogP contribution is -2.15. The summed E-state index contributed by atoms with van der Waals surface area (Å²) in [4.78, 5) is 7.60. The molecule has 1 aromatic carbocycles. The number of hydrogen-bond donors (Lipinski definition) is 1. The number of hydrogen-bond acceptors (Lipinski definition) is 6. The second-order valence-corrected chi connectivity index (χ2v) is 9.43. The van der Waals surface area contributed by atoms with Gasteiger partial charge in [-0.15, -0.1) is 0 Å². The summed E-state index contributed by atoms with van der Waals surface area (Å²) in [5.41, 5.74) is -0.709. The molecule has 136 valence electrons. The minimum Gasteiger partial charge on any atom is -0.497 e. The Labute approximate surface area is 147 Å². The summed E-state index contributed by atoms with van der Waals surface area (Å²) in [7, 11) is -1.32. The van der Waals surface area contributed by atoms with E-state index >= 15 is 0 Å². The molecule has 0 atom stereocenters. The van der Waals surface area contributed by atoms with Gasteiger partial charge in [0.05, 0.1) is 12.8 Å². The monoisotopic (exact) mass is 391 g/mol. The zero-order valence-corrected chi connectivity index (χ0v) is 15.7. The number of aromatic nitrogens is 2. The molecule has 0 saturated heterocycles. The number of nitrogens with zero attached hydrogens (tertiary/aromatic N) is 2. The molecule has 1 heterocycles. The van der Waals surface area contributed by atoms with E-state index in [9.17, 15) is 17.7 Å². The third-order valence-corrected chi connectivity index (χ3v) is 5.38. The lowest BCUT2D eigenvalue weighted by molar-refractivity contribution is -0.137. The van der Waals surface area contributed by atoms with Gasteiger partial charge in [0, 0.05) is 11.5 Å². The molecule has 1 N–H and O–H groups in total. The first kappa shape index (κ1) is 19.6. The molecule has 0 unspecified atom stereocenters. The van der Waals surface area contributed by atoms with E-state index in [2.05, 4.69) is 15.3 Å². The van der Waals surface area contributed by atoms with Crippen LogP contribution in [0.5, 0.6) is 5.75 Å². The number of nitrogens with one attached hydrogen (secondary N) is 1. The second kappa shape index (κ2) is 7.25. The molecular formula is C15H17F3N3O2PS. The van der Waals surface area contributed by atoms with Crippen LogP contribution in [0.25, 0.3) is 0 Å². The van der Waals surface area contributed by atoms with Crippen molar-refractivity contribution >= 4 is 35.7 Å². The van der Waals surface area contributed by atoms with Gasteiger partial charge in [0.2, 0.25) is 0 Å². The van der Waals surface area contributed by atoms with Gasteiger partial charge in [-0.05, 0) is 37.8 Å². The van der Waals surface area contributed by atoms with Crippen molar-refractivity contribution in [2.24, 2.45) is 0 Å². The summed E-state index contributed by atoms with van der Waals surface area (Å²) in [5, 5.41) is 3.24. The maximum Gasteiger partial charge on any atom is 0.421 e. The fourth-order valence-electron chi connectivity index (χ4n) is 2.08. The van der Waals surface area contributed by atoms with Gasteiger partial charge in [-0.25, -0.2) is 9.97 Å². The normalized spacial score (nSPS) is 12.1. The van der Waals surface area contributed by atoms with Gasteiger partial charge < -0.3 is 14.6 Å². The predicted octanol–water partition coefficient (Wildman–Crippen LogP) is 4.22. The molecule has 0 radical (unpaired) electrons. The average Bonchev–Trinajstić information content (AvgIpc) is 2.53. The summed E-state index contributed by atoms with van der Waals surface area (Å²) in [6.45, 7) is 3.07. The van der Waals surface area contributed by atoms with Gasteiger partial charge in [0.25, 0.3) is 0 Å². The Kier molecular flexibility index (Phi) is 5.68. The van der Waals surface area contributed by atoms with Crippen LogP contribution in [0, 0.1) is 0 Å². The fourth-order valence-corrected chi connectivity index (χ4v) is 3.57. The van der Waals surface area contributed by atoms with Crippen LogP contribution in [-0.2, 0) is 10.7 Å². The summed E-state index contributed by atoms with van der Waals surface area (Å²) in [6, 6.07) is 4.65. The molecule has 0 aliphatic carbocycles. The highest BCUT2D eigenvalue weighted by atomic mass is 32.2. The summed E-state index contributed by atoms with van der Waals surface area (Å²) in [5.74, 6) is 0.0831. The van der Waals surface area contributed by atoms with E-state index in [0.29, 0.717) is 11.1 Å². The molecule has 0 amide bonds. The topological polar surface area (TPSA) is 64.1 Å². The van der Waals surface area contributed by atoms with Crippen LogP contribution in [0.4, 0.5) is 24.7 Å². The minimum absolute atomic E-state index is 0.196. The molecule has 0 spiro atoms. The zero-order chi connectivity index (χ0) is 18.8. The molecular weight excluding hydrogens is 374 g/mol. The van der Waals surface area contributed by atoms with E-state index in [4.69, 9.17) is 4.74 Å². The van der Waals surface area contributed by atoms with Gasteiger partial charge >= 0.3 is 6.18 Å². The van der Waals surface area contributed by atoms with Gasteiger partial charge in [-0.2, -0.15) is 13.2 Å². The quantitative estimate of drug-likeness (QED) is 0.468. The van der Waals surface area contributed by atoms with Crippen LogP contribution in [0.15, 0.2) is 29.6 Å². The molecule has 1 aromatic heterocycles. The lowest BCUT2D eigenvalue weighted by Gasteiger charge is -2.18. The first-order valence-corrected chi connectivity index (χ1v) is 10.9. The predicted molar refractivity (Wildman–Crippen MR) is 94.2 cm³/mol. The third-order valence-electron chi connectivity index (χ3n) is 3.29. The van der Waals surface area contributed by atoms with E-state index in [1.54, 1.807) is 18.4 Å². The van der Waals surface area contributed by atoms with Gasteiger partial charge in [-0.1, -0.05) is 11.8 Å². The number of anilines is 2. The highest BCUT2D eigenvalue weighted by molar-refractivity contribution is 7.98. The van der Waals surface area contributed by atoms with Crippen molar-refractivity contribution in [2.75, 3.05) is 32.0 Å². The van der Waals surface area contributed by atoms with Crippen LogP contribution in [0.1, 0.15) is 5.56 Å². The standard InChI is InChI=1S/C15H17F3N3O2PS/c1-23-9-5-6-11(12(7-9)24(2,3)22)20-13-10(15(16,17)18)8-19-14(21-13)25-4/h5-8H,1-4H3,(H,19,20,21). The van der Waals surface area contributed by atoms with Gasteiger partial charge in [-0.3, -0.25) is 0 Å².